The quantitative estimate of drug-likeness (QED) is 0.0220. The average molecular weight is 811 g/mol. The number of hydrogen-bond donors (Lipinski definition) is 4. The first-order valence-corrected chi connectivity index (χ1v) is 21.7. The SMILES string of the molecule is CC/C=C\C/C=C\C/C=C\C/C=C\C/C=C\C/C=C\C/C=C\CCCC(=O)OC(COCCCCCCCC)COC1OC(CO)C(O)C(OS(=O)(=O)O)C1O. The molecule has 0 aromatic carbocycles. The molecule has 1 saturated heterocycles. The number of unbranched alkanes of at least 4 members (excludes halogenated alkanes) is 6. The molecule has 4 N–H and O–H groups in total. The summed E-state index contributed by atoms with van der Waals surface area (Å²) in [5, 5.41) is 30.5. The smallest absolute Gasteiger partial charge is 0.397 e. The van der Waals surface area contributed by atoms with Crippen LogP contribution in [-0.4, -0.2) is 97.5 Å². The lowest BCUT2D eigenvalue weighted by Crippen LogP contribution is -2.60. The minimum atomic E-state index is -5.07. The van der Waals surface area contributed by atoms with Gasteiger partial charge in [-0.3, -0.25) is 9.35 Å². The Morgan fingerprint density at radius 2 is 1.21 bits per heavy atom. The fourth-order valence-electron chi connectivity index (χ4n) is 5.48. The molecular weight excluding hydrogens is 741 g/mol. The Balaban J connectivity index is 2.43. The van der Waals surface area contributed by atoms with Crippen LogP contribution in [0.3, 0.4) is 0 Å². The molecular formula is C43H70O12S. The maximum atomic E-state index is 12.7. The molecule has 13 heteroatoms. The zero-order chi connectivity index (χ0) is 41.1. The van der Waals surface area contributed by atoms with Gasteiger partial charge < -0.3 is 34.3 Å². The van der Waals surface area contributed by atoms with Crippen molar-refractivity contribution in [2.75, 3.05) is 26.4 Å². The van der Waals surface area contributed by atoms with Crippen molar-refractivity contribution in [3.8, 4) is 0 Å². The molecule has 1 aliphatic heterocycles. The van der Waals surface area contributed by atoms with Gasteiger partial charge in [0, 0.05) is 13.0 Å². The van der Waals surface area contributed by atoms with E-state index in [9.17, 15) is 28.5 Å². The highest BCUT2D eigenvalue weighted by molar-refractivity contribution is 7.80. The van der Waals surface area contributed by atoms with E-state index >= 15 is 0 Å². The number of esters is 1. The predicted octanol–water partition coefficient (Wildman–Crippen LogP) is 7.73. The second kappa shape index (κ2) is 34.3. The molecule has 1 heterocycles. The first-order chi connectivity index (χ1) is 27.1. The molecule has 0 aromatic rings. The summed E-state index contributed by atoms with van der Waals surface area (Å²) in [5.41, 5.74) is 0. The Morgan fingerprint density at radius 1 is 0.696 bits per heavy atom. The summed E-state index contributed by atoms with van der Waals surface area (Å²) in [6, 6.07) is 0. The number of aliphatic hydroxyl groups is 3. The van der Waals surface area contributed by atoms with Gasteiger partial charge in [-0.05, 0) is 64.2 Å². The predicted molar refractivity (Wildman–Crippen MR) is 220 cm³/mol. The summed E-state index contributed by atoms with van der Waals surface area (Å²) in [6.07, 6.45) is 35.2. The molecule has 0 bridgehead atoms. The Labute approximate surface area is 336 Å². The molecule has 0 aliphatic carbocycles. The summed E-state index contributed by atoms with van der Waals surface area (Å²) >= 11 is 0. The largest absolute Gasteiger partial charge is 0.457 e. The van der Waals surface area contributed by atoms with E-state index in [2.05, 4.69) is 97.0 Å². The van der Waals surface area contributed by atoms with Crippen molar-refractivity contribution in [2.24, 2.45) is 0 Å². The molecule has 12 nitrogen and oxygen atoms in total. The van der Waals surface area contributed by atoms with Crippen LogP contribution in [-0.2, 0) is 38.3 Å². The van der Waals surface area contributed by atoms with Crippen molar-refractivity contribution in [1.82, 2.24) is 0 Å². The topological polar surface area (TPSA) is 178 Å². The minimum absolute atomic E-state index is 0.00633. The zero-order valence-corrected chi connectivity index (χ0v) is 34.5. The first kappa shape index (κ1) is 51.3. The van der Waals surface area contributed by atoms with Crippen molar-refractivity contribution < 1.29 is 56.2 Å². The lowest BCUT2D eigenvalue weighted by Gasteiger charge is -2.41. The fraction of sp³-hybridized carbons (Fsp3) is 0.651. The lowest BCUT2D eigenvalue weighted by molar-refractivity contribution is -0.301. The molecule has 56 heavy (non-hydrogen) atoms. The van der Waals surface area contributed by atoms with Crippen LogP contribution in [0.4, 0.5) is 0 Å². The normalized spacial score (nSPS) is 21.7. The van der Waals surface area contributed by atoms with Gasteiger partial charge in [0.25, 0.3) is 0 Å². The van der Waals surface area contributed by atoms with Gasteiger partial charge in [0.1, 0.15) is 30.5 Å². The average Bonchev–Trinajstić information content (AvgIpc) is 3.17. The van der Waals surface area contributed by atoms with Crippen molar-refractivity contribution in [1.29, 1.82) is 0 Å². The van der Waals surface area contributed by atoms with Crippen LogP contribution in [0.1, 0.15) is 117 Å². The summed E-state index contributed by atoms with van der Waals surface area (Å²) in [7, 11) is -5.07. The summed E-state index contributed by atoms with van der Waals surface area (Å²) in [5.74, 6) is -0.464. The van der Waals surface area contributed by atoms with Crippen LogP contribution >= 0.6 is 0 Å². The molecule has 0 amide bonds. The minimum Gasteiger partial charge on any atom is -0.457 e. The number of aliphatic hydroxyl groups excluding tert-OH is 3. The van der Waals surface area contributed by atoms with E-state index < -0.39 is 59.8 Å². The number of allylic oxidation sites excluding steroid dienone is 14. The van der Waals surface area contributed by atoms with E-state index in [0.717, 1.165) is 77.0 Å². The molecule has 1 rings (SSSR count). The number of carbonyl (C=O) groups excluding carboxylic acids is 1. The van der Waals surface area contributed by atoms with Crippen molar-refractivity contribution >= 4 is 16.4 Å². The van der Waals surface area contributed by atoms with E-state index in [4.69, 9.17) is 23.5 Å². The standard InChI is InChI=1S/C43H70O12S/c1-3-5-7-9-11-12-13-14-15-16-17-18-19-20-21-22-23-24-25-26-27-28-30-32-39(45)53-37(35-51-33-31-29-10-8-6-4-2)36-52-43-41(47)42(55-56(48,49)50)40(46)38(34-44)54-43/h5,7,11-12,14-15,17-18,20-21,23-24,26-27,37-38,40-44,46-47H,3-4,6,8-10,13,16,19,22,25,28-36H2,1-2H3,(H,48,49,50)/b7-5-,12-11-,15-14-,18-17-,21-20-,24-23-,27-26-. The third-order valence-corrected chi connectivity index (χ3v) is 9.00. The number of carbonyl (C=O) groups is 1. The van der Waals surface area contributed by atoms with E-state index in [1.165, 1.54) is 6.42 Å². The number of hydrogen-bond acceptors (Lipinski definition) is 11. The second-order valence-corrected chi connectivity index (χ2v) is 14.5. The zero-order valence-electron chi connectivity index (χ0n) is 33.7. The first-order valence-electron chi connectivity index (χ1n) is 20.3. The van der Waals surface area contributed by atoms with Crippen molar-refractivity contribution in [2.45, 2.75) is 153 Å². The van der Waals surface area contributed by atoms with Crippen LogP contribution in [0.2, 0.25) is 0 Å². The molecule has 6 unspecified atom stereocenters. The summed E-state index contributed by atoms with van der Waals surface area (Å²) in [6.45, 7) is 3.70. The molecule has 0 spiro atoms. The molecule has 1 aliphatic rings. The number of ether oxygens (including phenoxy) is 4. The highest BCUT2D eigenvalue weighted by Crippen LogP contribution is 2.26. The van der Waals surface area contributed by atoms with Crippen LogP contribution in [0.5, 0.6) is 0 Å². The molecule has 0 aromatic heterocycles. The van der Waals surface area contributed by atoms with E-state index in [1.54, 1.807) is 0 Å². The van der Waals surface area contributed by atoms with E-state index in [0.29, 0.717) is 19.4 Å². The van der Waals surface area contributed by atoms with Gasteiger partial charge in [-0.25, -0.2) is 4.18 Å². The molecule has 1 fully saturated rings. The Kier molecular flexibility index (Phi) is 31.4. The second-order valence-electron chi connectivity index (χ2n) is 13.5. The molecule has 0 radical (unpaired) electrons. The Hall–Kier alpha value is -2.72. The summed E-state index contributed by atoms with van der Waals surface area (Å²) < 4.78 is 58.5. The molecule has 6 atom stereocenters. The van der Waals surface area contributed by atoms with Crippen molar-refractivity contribution in [3.63, 3.8) is 0 Å². The van der Waals surface area contributed by atoms with E-state index in [-0.39, 0.29) is 19.6 Å². The Bertz CT molecular complexity index is 1300. The van der Waals surface area contributed by atoms with Gasteiger partial charge in [-0.15, -0.1) is 0 Å². The fourth-order valence-corrected chi connectivity index (χ4v) is 5.99. The highest BCUT2D eigenvalue weighted by Gasteiger charge is 2.48. The van der Waals surface area contributed by atoms with Gasteiger partial charge in [-0.2, -0.15) is 8.42 Å². The van der Waals surface area contributed by atoms with Crippen LogP contribution in [0.15, 0.2) is 85.1 Å². The third kappa shape index (κ3) is 27.8. The third-order valence-electron chi connectivity index (χ3n) is 8.53. The van der Waals surface area contributed by atoms with Crippen LogP contribution < -0.4 is 0 Å². The maximum absolute atomic E-state index is 12.7. The molecule has 320 valence electrons. The summed E-state index contributed by atoms with van der Waals surface area (Å²) in [4.78, 5) is 12.7. The van der Waals surface area contributed by atoms with Gasteiger partial charge in [0.2, 0.25) is 0 Å². The highest BCUT2D eigenvalue weighted by atomic mass is 32.3. The van der Waals surface area contributed by atoms with Gasteiger partial charge in [-0.1, -0.05) is 131 Å². The van der Waals surface area contributed by atoms with Crippen LogP contribution in [0.25, 0.3) is 0 Å². The van der Waals surface area contributed by atoms with Gasteiger partial charge >= 0.3 is 16.4 Å². The van der Waals surface area contributed by atoms with Crippen LogP contribution in [0, 0.1) is 0 Å². The monoisotopic (exact) mass is 810 g/mol. The number of rotatable bonds is 33. The molecule has 0 saturated carbocycles. The lowest BCUT2D eigenvalue weighted by atomic mass is 9.99. The van der Waals surface area contributed by atoms with Crippen molar-refractivity contribution in [3.05, 3.63) is 85.1 Å². The van der Waals surface area contributed by atoms with Gasteiger partial charge in [0.05, 0.1) is 19.8 Å². The maximum Gasteiger partial charge on any atom is 0.397 e. The Morgan fingerprint density at radius 3 is 1.73 bits per heavy atom. The van der Waals surface area contributed by atoms with Gasteiger partial charge in [0.15, 0.2) is 6.29 Å². The van der Waals surface area contributed by atoms with E-state index in [1.807, 2.05) is 6.08 Å².